The predicted molar refractivity (Wildman–Crippen MR) is 113 cm³/mol. The van der Waals surface area contributed by atoms with Crippen LogP contribution in [0.4, 0.5) is 0 Å². The molecule has 168 valence electrons. The number of para-hydroxylation sites is 1. The second-order valence-corrected chi connectivity index (χ2v) is 7.37. The predicted octanol–water partition coefficient (Wildman–Crippen LogP) is 0.757. The molecule has 1 aromatic heterocycles. The highest BCUT2D eigenvalue weighted by Crippen LogP contribution is 2.19. The molecule has 0 unspecified atom stereocenters. The summed E-state index contributed by atoms with van der Waals surface area (Å²) in [6.07, 6.45) is 2.87. The van der Waals surface area contributed by atoms with Gasteiger partial charge in [0, 0.05) is 23.5 Å². The highest BCUT2D eigenvalue weighted by atomic mass is 16.4. The van der Waals surface area contributed by atoms with E-state index in [2.05, 4.69) is 15.6 Å². The third-order valence-electron chi connectivity index (χ3n) is 4.93. The van der Waals surface area contributed by atoms with E-state index in [1.54, 1.807) is 6.20 Å². The van der Waals surface area contributed by atoms with E-state index in [4.69, 9.17) is 10.8 Å². The Balaban J connectivity index is 2.11. The number of hydrogen-bond donors (Lipinski definition) is 6. The first-order valence-corrected chi connectivity index (χ1v) is 10.1. The zero-order chi connectivity index (χ0) is 23.0. The van der Waals surface area contributed by atoms with Crippen molar-refractivity contribution in [2.45, 2.75) is 57.2 Å². The van der Waals surface area contributed by atoms with Gasteiger partial charge in [0.2, 0.25) is 11.8 Å². The Kier molecular flexibility index (Phi) is 8.56. The Labute approximate surface area is 179 Å². The van der Waals surface area contributed by atoms with Gasteiger partial charge in [0.15, 0.2) is 0 Å². The van der Waals surface area contributed by atoms with E-state index in [1.807, 2.05) is 31.2 Å². The maximum Gasteiger partial charge on any atom is 0.326 e. The maximum atomic E-state index is 12.7. The zero-order valence-electron chi connectivity index (χ0n) is 17.3. The standard InChI is InChI=1S/C21H28N4O6/c1-2-3-7-14(22)19(28)24-16(10-18(26)27)20(29)25-17(21(30)31)9-12-11-23-15-8-5-4-6-13(12)15/h4-6,8,11,14,16-17,23H,2-3,7,9-10,22H2,1H3,(H,24,28)(H,25,29)(H,26,27)(H,30,31)/t14-,16-,17-/m0/s1. The molecule has 2 aromatic rings. The lowest BCUT2D eigenvalue weighted by Gasteiger charge is -2.22. The minimum Gasteiger partial charge on any atom is -0.481 e. The molecule has 10 heteroatoms. The molecule has 0 aliphatic carbocycles. The van der Waals surface area contributed by atoms with Crippen LogP contribution in [0, 0.1) is 0 Å². The van der Waals surface area contributed by atoms with Crippen LogP contribution in [0.3, 0.4) is 0 Å². The summed E-state index contributed by atoms with van der Waals surface area (Å²) in [5, 5.41) is 24.2. The van der Waals surface area contributed by atoms with E-state index >= 15 is 0 Å². The third-order valence-corrected chi connectivity index (χ3v) is 4.93. The SMILES string of the molecule is CCCC[C@H](N)C(=O)N[C@@H](CC(=O)O)C(=O)N[C@@H](Cc1c[nH]c2ccccc12)C(=O)O. The van der Waals surface area contributed by atoms with Crippen molar-refractivity contribution in [3.63, 3.8) is 0 Å². The van der Waals surface area contributed by atoms with Gasteiger partial charge in [-0.15, -0.1) is 0 Å². The molecule has 0 aliphatic rings. The van der Waals surface area contributed by atoms with E-state index in [0.717, 1.165) is 17.3 Å². The summed E-state index contributed by atoms with van der Waals surface area (Å²) < 4.78 is 0. The molecule has 10 nitrogen and oxygen atoms in total. The van der Waals surface area contributed by atoms with Crippen LogP contribution in [0.25, 0.3) is 10.9 Å². The first-order chi connectivity index (χ1) is 14.7. The van der Waals surface area contributed by atoms with Gasteiger partial charge in [-0.1, -0.05) is 38.0 Å². The van der Waals surface area contributed by atoms with Gasteiger partial charge in [-0.05, 0) is 18.1 Å². The fraction of sp³-hybridized carbons (Fsp3) is 0.429. The second-order valence-electron chi connectivity index (χ2n) is 7.37. The number of nitrogens with one attached hydrogen (secondary N) is 3. The molecule has 0 radical (unpaired) electrons. The normalized spacial score (nSPS) is 13.9. The lowest BCUT2D eigenvalue weighted by Crippen LogP contribution is -2.55. The van der Waals surface area contributed by atoms with Gasteiger partial charge in [-0.2, -0.15) is 0 Å². The number of fused-ring (bicyclic) bond motifs is 1. The number of rotatable bonds is 12. The summed E-state index contributed by atoms with van der Waals surface area (Å²) in [5.74, 6) is -4.14. The van der Waals surface area contributed by atoms with E-state index in [9.17, 15) is 24.3 Å². The van der Waals surface area contributed by atoms with Crippen LogP contribution in [-0.2, 0) is 25.6 Å². The number of aromatic nitrogens is 1. The number of unbranched alkanes of at least 4 members (excludes halogenated alkanes) is 1. The van der Waals surface area contributed by atoms with Crippen molar-refractivity contribution in [2.24, 2.45) is 5.73 Å². The number of nitrogens with two attached hydrogens (primary N) is 1. The molecule has 2 amide bonds. The molecular weight excluding hydrogens is 404 g/mol. The maximum absolute atomic E-state index is 12.7. The van der Waals surface area contributed by atoms with Crippen LogP contribution in [0.2, 0.25) is 0 Å². The zero-order valence-corrected chi connectivity index (χ0v) is 17.3. The molecule has 7 N–H and O–H groups in total. The quantitative estimate of drug-likeness (QED) is 0.287. The molecule has 0 bridgehead atoms. The van der Waals surface area contributed by atoms with Gasteiger partial charge in [-0.3, -0.25) is 14.4 Å². The van der Waals surface area contributed by atoms with E-state index in [1.165, 1.54) is 0 Å². The van der Waals surface area contributed by atoms with Gasteiger partial charge in [0.05, 0.1) is 12.5 Å². The first-order valence-electron chi connectivity index (χ1n) is 10.1. The number of amides is 2. The van der Waals surface area contributed by atoms with Crippen LogP contribution < -0.4 is 16.4 Å². The fourth-order valence-electron chi connectivity index (χ4n) is 3.21. The second kappa shape index (κ2) is 11.1. The molecule has 0 aliphatic heterocycles. The van der Waals surface area contributed by atoms with Crippen LogP contribution >= 0.6 is 0 Å². The van der Waals surface area contributed by atoms with Crippen LogP contribution in [0.15, 0.2) is 30.5 Å². The van der Waals surface area contributed by atoms with Crippen molar-refractivity contribution in [1.29, 1.82) is 0 Å². The van der Waals surface area contributed by atoms with E-state index in [-0.39, 0.29) is 6.42 Å². The molecule has 31 heavy (non-hydrogen) atoms. The summed E-state index contributed by atoms with van der Waals surface area (Å²) in [4.78, 5) is 50.8. The lowest BCUT2D eigenvalue weighted by molar-refractivity contribution is -0.143. The lowest BCUT2D eigenvalue weighted by atomic mass is 10.0. The summed E-state index contributed by atoms with van der Waals surface area (Å²) in [6.45, 7) is 1.94. The van der Waals surface area contributed by atoms with Crippen molar-refractivity contribution < 1.29 is 29.4 Å². The third kappa shape index (κ3) is 6.82. The number of carbonyl (C=O) groups is 4. The smallest absolute Gasteiger partial charge is 0.326 e. The number of benzene rings is 1. The molecule has 1 heterocycles. The number of aromatic amines is 1. The molecule has 0 saturated carbocycles. The number of carboxylic acid groups (broad SMARTS) is 2. The Bertz CT molecular complexity index is 941. The van der Waals surface area contributed by atoms with E-state index < -0.39 is 48.3 Å². The fourth-order valence-corrected chi connectivity index (χ4v) is 3.21. The van der Waals surface area contributed by atoms with Crippen LogP contribution in [0.5, 0.6) is 0 Å². The molecule has 2 rings (SSSR count). The summed E-state index contributed by atoms with van der Waals surface area (Å²) in [6, 6.07) is 3.68. The topological polar surface area (TPSA) is 175 Å². The van der Waals surface area contributed by atoms with Crippen molar-refractivity contribution in [2.75, 3.05) is 0 Å². The largest absolute Gasteiger partial charge is 0.481 e. The van der Waals surface area contributed by atoms with E-state index in [0.29, 0.717) is 18.4 Å². The number of aliphatic carboxylic acids is 2. The van der Waals surface area contributed by atoms with Crippen molar-refractivity contribution in [1.82, 2.24) is 15.6 Å². The van der Waals surface area contributed by atoms with Gasteiger partial charge in [0.1, 0.15) is 12.1 Å². The number of carbonyl (C=O) groups excluding carboxylic acids is 2. The van der Waals surface area contributed by atoms with Crippen molar-refractivity contribution in [3.8, 4) is 0 Å². The average Bonchev–Trinajstić information content (AvgIpc) is 3.13. The minimum absolute atomic E-state index is 0.0190. The molecule has 1 aromatic carbocycles. The minimum atomic E-state index is -1.44. The van der Waals surface area contributed by atoms with Gasteiger partial charge in [0.25, 0.3) is 0 Å². The molecule has 0 spiro atoms. The van der Waals surface area contributed by atoms with Crippen molar-refractivity contribution in [3.05, 3.63) is 36.0 Å². The van der Waals surface area contributed by atoms with Gasteiger partial charge >= 0.3 is 11.9 Å². The highest BCUT2D eigenvalue weighted by molar-refractivity contribution is 5.94. The molecule has 3 atom stereocenters. The Morgan fingerprint density at radius 2 is 1.74 bits per heavy atom. The number of hydrogen-bond acceptors (Lipinski definition) is 5. The van der Waals surface area contributed by atoms with Gasteiger partial charge < -0.3 is 31.6 Å². The highest BCUT2D eigenvalue weighted by Gasteiger charge is 2.30. The average molecular weight is 432 g/mol. The Morgan fingerprint density at radius 3 is 2.39 bits per heavy atom. The number of H-pyrrole nitrogens is 1. The molecule has 0 fully saturated rings. The number of carboxylic acids is 2. The molecule has 0 saturated heterocycles. The summed E-state index contributed by atoms with van der Waals surface area (Å²) in [7, 11) is 0. The van der Waals surface area contributed by atoms with Crippen LogP contribution in [0.1, 0.15) is 38.2 Å². The Hall–Kier alpha value is -3.40. The molecular formula is C21H28N4O6. The summed E-state index contributed by atoms with van der Waals surface area (Å²) in [5.41, 5.74) is 7.29. The summed E-state index contributed by atoms with van der Waals surface area (Å²) >= 11 is 0. The monoisotopic (exact) mass is 432 g/mol. The van der Waals surface area contributed by atoms with Crippen LogP contribution in [-0.4, -0.2) is 57.1 Å². The van der Waals surface area contributed by atoms with Gasteiger partial charge in [-0.25, -0.2) is 4.79 Å². The Morgan fingerprint density at radius 1 is 1.06 bits per heavy atom. The van der Waals surface area contributed by atoms with Crippen molar-refractivity contribution >= 4 is 34.7 Å². The first kappa shape index (κ1) is 23.9.